The van der Waals surface area contributed by atoms with Gasteiger partial charge in [-0.2, -0.15) is 0 Å². The second kappa shape index (κ2) is 6.98. The minimum absolute atomic E-state index is 0.317. The predicted molar refractivity (Wildman–Crippen MR) is 86.0 cm³/mol. The molecule has 0 saturated carbocycles. The zero-order valence-electron chi connectivity index (χ0n) is 12.7. The normalized spacial score (nSPS) is 26.8. The van der Waals surface area contributed by atoms with Crippen LogP contribution in [0, 0.1) is 5.92 Å². The zero-order valence-corrected chi connectivity index (χ0v) is 13.6. The lowest BCUT2D eigenvalue weighted by molar-refractivity contribution is 0.214. The van der Waals surface area contributed by atoms with Crippen LogP contribution in [0.25, 0.3) is 0 Å². The maximum Gasteiger partial charge on any atom is 0.157 e. The lowest BCUT2D eigenvalue weighted by Crippen LogP contribution is -2.42. The Morgan fingerprint density at radius 3 is 2.58 bits per heavy atom. The molecule has 0 unspecified atom stereocenters. The standard InChI is InChI=1S/C15H29N3S/c1-4-15(5-2)12-19-14(17-15)16-9-6-13-7-10-18(3)11-8-13/h13H,4-12H2,1-3H3,(H,16,17). The molecule has 0 spiro atoms. The molecule has 2 aliphatic heterocycles. The third kappa shape index (κ3) is 4.12. The van der Waals surface area contributed by atoms with E-state index in [1.54, 1.807) is 0 Å². The van der Waals surface area contributed by atoms with E-state index in [-0.39, 0.29) is 0 Å². The first-order valence-corrected chi connectivity index (χ1v) is 8.80. The van der Waals surface area contributed by atoms with Gasteiger partial charge in [-0.1, -0.05) is 25.6 Å². The molecule has 1 N–H and O–H groups in total. The average molecular weight is 283 g/mol. The molecule has 0 aromatic carbocycles. The van der Waals surface area contributed by atoms with Crippen molar-refractivity contribution in [3.05, 3.63) is 0 Å². The monoisotopic (exact) mass is 283 g/mol. The van der Waals surface area contributed by atoms with Crippen LogP contribution in [0.3, 0.4) is 0 Å². The lowest BCUT2D eigenvalue weighted by atomic mass is 9.94. The maximum absolute atomic E-state index is 4.78. The molecular weight excluding hydrogens is 254 g/mol. The van der Waals surface area contributed by atoms with Crippen LogP contribution in [-0.2, 0) is 0 Å². The summed E-state index contributed by atoms with van der Waals surface area (Å²) in [6.07, 6.45) is 6.38. The molecule has 2 aliphatic rings. The van der Waals surface area contributed by atoms with Crippen molar-refractivity contribution in [2.45, 2.75) is 51.5 Å². The van der Waals surface area contributed by atoms with Gasteiger partial charge in [-0.3, -0.25) is 4.99 Å². The highest BCUT2D eigenvalue weighted by Gasteiger charge is 2.33. The fraction of sp³-hybridized carbons (Fsp3) is 0.933. The van der Waals surface area contributed by atoms with Gasteiger partial charge < -0.3 is 10.2 Å². The second-order valence-corrected chi connectivity index (χ2v) is 7.09. The van der Waals surface area contributed by atoms with Gasteiger partial charge in [0.15, 0.2) is 5.17 Å². The smallest absolute Gasteiger partial charge is 0.157 e. The van der Waals surface area contributed by atoms with Crippen molar-refractivity contribution >= 4 is 16.9 Å². The van der Waals surface area contributed by atoms with Gasteiger partial charge in [0.05, 0.1) is 0 Å². The van der Waals surface area contributed by atoms with E-state index < -0.39 is 0 Å². The number of hydrogen-bond donors (Lipinski definition) is 1. The van der Waals surface area contributed by atoms with Crippen LogP contribution in [-0.4, -0.2) is 48.0 Å². The molecule has 2 saturated heterocycles. The fourth-order valence-corrected chi connectivity index (χ4v) is 4.29. The second-order valence-electron chi connectivity index (χ2n) is 6.12. The van der Waals surface area contributed by atoms with Crippen LogP contribution in [0.4, 0.5) is 0 Å². The maximum atomic E-state index is 4.78. The van der Waals surface area contributed by atoms with E-state index in [4.69, 9.17) is 4.99 Å². The first-order valence-electron chi connectivity index (χ1n) is 7.81. The van der Waals surface area contributed by atoms with E-state index in [0.717, 1.165) is 12.5 Å². The molecule has 2 rings (SSSR count). The van der Waals surface area contributed by atoms with Gasteiger partial charge in [0.1, 0.15) is 0 Å². The molecule has 2 heterocycles. The Hall–Kier alpha value is -0.220. The summed E-state index contributed by atoms with van der Waals surface area (Å²) in [7, 11) is 2.23. The third-order valence-electron chi connectivity index (χ3n) is 4.84. The van der Waals surface area contributed by atoms with Crippen molar-refractivity contribution in [1.82, 2.24) is 10.2 Å². The van der Waals surface area contributed by atoms with Gasteiger partial charge in [0.2, 0.25) is 0 Å². The summed E-state index contributed by atoms with van der Waals surface area (Å²) < 4.78 is 0. The number of thioether (sulfide) groups is 1. The van der Waals surface area contributed by atoms with E-state index in [1.807, 2.05) is 11.8 Å². The van der Waals surface area contributed by atoms with Crippen molar-refractivity contribution < 1.29 is 0 Å². The molecule has 0 atom stereocenters. The SMILES string of the molecule is CCC1(CC)CSC(=NCCC2CCN(C)CC2)N1. The first-order chi connectivity index (χ1) is 9.17. The molecular formula is C15H29N3S. The van der Waals surface area contributed by atoms with Gasteiger partial charge in [0, 0.05) is 17.8 Å². The number of nitrogens with one attached hydrogen (secondary N) is 1. The largest absolute Gasteiger partial charge is 0.359 e. The molecule has 0 aromatic rings. The molecule has 4 heteroatoms. The van der Waals surface area contributed by atoms with Crippen molar-refractivity contribution in [3.63, 3.8) is 0 Å². The number of hydrogen-bond acceptors (Lipinski definition) is 3. The molecule has 110 valence electrons. The van der Waals surface area contributed by atoms with Gasteiger partial charge in [0.25, 0.3) is 0 Å². The summed E-state index contributed by atoms with van der Waals surface area (Å²) in [5, 5.41) is 4.84. The molecule has 2 fully saturated rings. The number of nitrogens with zero attached hydrogens (tertiary/aromatic N) is 2. The van der Waals surface area contributed by atoms with Gasteiger partial charge in [-0.05, 0) is 58.2 Å². The highest BCUT2D eigenvalue weighted by molar-refractivity contribution is 8.14. The third-order valence-corrected chi connectivity index (χ3v) is 6.04. The van der Waals surface area contributed by atoms with Gasteiger partial charge in [-0.15, -0.1) is 0 Å². The Morgan fingerprint density at radius 2 is 2.00 bits per heavy atom. The molecule has 19 heavy (non-hydrogen) atoms. The van der Waals surface area contributed by atoms with Crippen LogP contribution >= 0.6 is 11.8 Å². The number of piperidine rings is 1. The van der Waals surface area contributed by atoms with Crippen LogP contribution in [0.2, 0.25) is 0 Å². The first kappa shape index (κ1) is 15.2. The molecule has 0 radical (unpaired) electrons. The lowest BCUT2D eigenvalue weighted by Gasteiger charge is -2.28. The van der Waals surface area contributed by atoms with E-state index >= 15 is 0 Å². The number of aliphatic imine (C=N–C) groups is 1. The zero-order chi connectivity index (χ0) is 13.7. The predicted octanol–water partition coefficient (Wildman–Crippen LogP) is 2.97. The van der Waals surface area contributed by atoms with E-state index in [9.17, 15) is 0 Å². The Balaban J connectivity index is 1.72. The Bertz CT molecular complexity index is 305. The molecule has 3 nitrogen and oxygen atoms in total. The number of amidine groups is 1. The van der Waals surface area contributed by atoms with Crippen molar-refractivity contribution in [1.29, 1.82) is 0 Å². The topological polar surface area (TPSA) is 27.6 Å². The van der Waals surface area contributed by atoms with Crippen LogP contribution in [0.1, 0.15) is 46.0 Å². The number of rotatable bonds is 5. The molecule has 0 amide bonds. The summed E-state index contributed by atoms with van der Waals surface area (Å²) in [4.78, 5) is 7.22. The summed E-state index contributed by atoms with van der Waals surface area (Å²) in [6.45, 7) is 8.09. The van der Waals surface area contributed by atoms with Crippen LogP contribution in [0.5, 0.6) is 0 Å². The summed E-state index contributed by atoms with van der Waals surface area (Å²) in [5.41, 5.74) is 0.317. The summed E-state index contributed by atoms with van der Waals surface area (Å²) in [6, 6.07) is 0. The molecule has 0 aromatic heterocycles. The summed E-state index contributed by atoms with van der Waals surface area (Å²) in [5.74, 6) is 2.08. The highest BCUT2D eigenvalue weighted by Crippen LogP contribution is 2.29. The van der Waals surface area contributed by atoms with E-state index in [0.29, 0.717) is 5.54 Å². The molecule has 0 bridgehead atoms. The minimum atomic E-state index is 0.317. The van der Waals surface area contributed by atoms with Crippen LogP contribution < -0.4 is 5.32 Å². The quantitative estimate of drug-likeness (QED) is 0.840. The Kier molecular flexibility index (Phi) is 5.58. The van der Waals surface area contributed by atoms with Crippen LogP contribution in [0.15, 0.2) is 4.99 Å². The number of likely N-dealkylation sites (tertiary alicyclic amines) is 1. The van der Waals surface area contributed by atoms with E-state index in [1.165, 1.54) is 56.1 Å². The average Bonchev–Trinajstić information content (AvgIpc) is 2.85. The van der Waals surface area contributed by atoms with Crippen molar-refractivity contribution in [2.24, 2.45) is 10.9 Å². The Labute approximate surface area is 122 Å². The fourth-order valence-electron chi connectivity index (χ4n) is 2.92. The van der Waals surface area contributed by atoms with Crippen molar-refractivity contribution in [2.75, 3.05) is 32.4 Å². The van der Waals surface area contributed by atoms with E-state index in [2.05, 4.69) is 31.1 Å². The Morgan fingerprint density at radius 1 is 1.32 bits per heavy atom. The van der Waals surface area contributed by atoms with Gasteiger partial charge in [-0.25, -0.2) is 0 Å². The highest BCUT2D eigenvalue weighted by atomic mass is 32.2. The van der Waals surface area contributed by atoms with Gasteiger partial charge >= 0.3 is 0 Å². The van der Waals surface area contributed by atoms with Crippen molar-refractivity contribution in [3.8, 4) is 0 Å². The summed E-state index contributed by atoms with van der Waals surface area (Å²) >= 11 is 1.92. The minimum Gasteiger partial charge on any atom is -0.359 e. The molecule has 0 aliphatic carbocycles.